The van der Waals surface area contributed by atoms with Crippen molar-refractivity contribution in [1.82, 2.24) is 4.98 Å². The second-order valence-electron chi connectivity index (χ2n) is 3.63. The summed E-state index contributed by atoms with van der Waals surface area (Å²) < 4.78 is 5.60. The summed E-state index contributed by atoms with van der Waals surface area (Å²) in [5, 5.41) is 3.94. The molecule has 3 nitrogen and oxygen atoms in total. The Kier molecular flexibility index (Phi) is 4.28. The van der Waals surface area contributed by atoms with E-state index in [0.717, 1.165) is 11.4 Å². The van der Waals surface area contributed by atoms with E-state index < -0.39 is 0 Å². The van der Waals surface area contributed by atoms with Gasteiger partial charge in [-0.2, -0.15) is 0 Å². The van der Waals surface area contributed by atoms with E-state index in [0.29, 0.717) is 22.4 Å². The molecule has 2 aromatic rings. The number of aromatic nitrogens is 1. The number of pyridine rings is 1. The van der Waals surface area contributed by atoms with Gasteiger partial charge in [0.1, 0.15) is 17.4 Å². The summed E-state index contributed by atoms with van der Waals surface area (Å²) in [6, 6.07) is 9.09. The van der Waals surface area contributed by atoms with Crippen LogP contribution in [0.3, 0.4) is 0 Å². The highest BCUT2D eigenvalue weighted by atomic mass is 35.5. The first-order valence-electron chi connectivity index (χ1n) is 5.40. The van der Waals surface area contributed by atoms with Gasteiger partial charge >= 0.3 is 0 Å². The van der Waals surface area contributed by atoms with Crippen molar-refractivity contribution in [1.29, 1.82) is 0 Å². The third-order valence-corrected chi connectivity index (χ3v) is 3.20. The highest BCUT2D eigenvalue weighted by Gasteiger charge is 2.06. The summed E-state index contributed by atoms with van der Waals surface area (Å²) in [5.41, 5.74) is 1.80. The molecule has 1 N–H and O–H groups in total. The van der Waals surface area contributed by atoms with Gasteiger partial charge in [0.15, 0.2) is 0 Å². The second kappa shape index (κ2) is 5.94. The molecule has 0 fully saturated rings. The van der Waals surface area contributed by atoms with E-state index in [-0.39, 0.29) is 0 Å². The lowest BCUT2D eigenvalue weighted by atomic mass is 10.3. The van der Waals surface area contributed by atoms with Gasteiger partial charge in [-0.05, 0) is 24.3 Å². The molecule has 5 heteroatoms. The molecule has 0 aliphatic heterocycles. The van der Waals surface area contributed by atoms with Crippen molar-refractivity contribution in [2.24, 2.45) is 0 Å². The topological polar surface area (TPSA) is 34.2 Å². The zero-order valence-corrected chi connectivity index (χ0v) is 11.3. The Balaban J connectivity index is 2.09. The largest absolute Gasteiger partial charge is 0.486 e. The smallest absolute Gasteiger partial charge is 0.140 e. The molecule has 0 aliphatic carbocycles. The highest BCUT2D eigenvalue weighted by molar-refractivity contribution is 6.42. The SMILES string of the molecule is CNc1ccnc(COc2cccc(Cl)c2Cl)c1. The molecule has 0 spiro atoms. The van der Waals surface area contributed by atoms with Crippen LogP contribution in [0.5, 0.6) is 5.75 Å². The minimum atomic E-state index is 0.343. The molecule has 0 saturated heterocycles. The van der Waals surface area contributed by atoms with Gasteiger partial charge in [-0.1, -0.05) is 29.3 Å². The van der Waals surface area contributed by atoms with Crippen molar-refractivity contribution < 1.29 is 4.74 Å². The first-order chi connectivity index (χ1) is 8.70. The van der Waals surface area contributed by atoms with Crippen molar-refractivity contribution in [3.63, 3.8) is 0 Å². The Hall–Kier alpha value is -1.45. The molecule has 0 bridgehead atoms. The van der Waals surface area contributed by atoms with Crippen molar-refractivity contribution in [2.45, 2.75) is 6.61 Å². The Morgan fingerprint density at radius 2 is 2.11 bits per heavy atom. The molecule has 0 amide bonds. The summed E-state index contributed by atoms with van der Waals surface area (Å²) in [4.78, 5) is 4.21. The van der Waals surface area contributed by atoms with Crippen molar-refractivity contribution in [3.05, 3.63) is 52.3 Å². The normalized spacial score (nSPS) is 10.2. The van der Waals surface area contributed by atoms with Crippen LogP contribution in [-0.2, 0) is 6.61 Å². The van der Waals surface area contributed by atoms with E-state index in [9.17, 15) is 0 Å². The average Bonchev–Trinajstić information content (AvgIpc) is 2.41. The van der Waals surface area contributed by atoms with Crippen LogP contribution in [0, 0.1) is 0 Å². The number of nitrogens with zero attached hydrogens (tertiary/aromatic N) is 1. The molecule has 18 heavy (non-hydrogen) atoms. The van der Waals surface area contributed by atoms with E-state index in [1.165, 1.54) is 0 Å². The summed E-state index contributed by atoms with van der Waals surface area (Å²) >= 11 is 11.9. The third-order valence-electron chi connectivity index (χ3n) is 2.40. The number of rotatable bonds is 4. The monoisotopic (exact) mass is 282 g/mol. The minimum absolute atomic E-state index is 0.343. The average molecular weight is 283 g/mol. The van der Waals surface area contributed by atoms with Gasteiger partial charge in [0, 0.05) is 18.9 Å². The standard InChI is InChI=1S/C13H12Cl2N2O/c1-16-9-5-6-17-10(7-9)8-18-12-4-2-3-11(14)13(12)15/h2-7H,8H2,1H3,(H,16,17). The Bertz CT molecular complexity index is 546. The molecular formula is C13H12Cl2N2O. The van der Waals surface area contributed by atoms with Gasteiger partial charge in [-0.15, -0.1) is 0 Å². The number of hydrogen-bond acceptors (Lipinski definition) is 3. The first-order valence-corrected chi connectivity index (χ1v) is 6.16. The maximum absolute atomic E-state index is 6.03. The van der Waals surface area contributed by atoms with Crippen LogP contribution >= 0.6 is 23.2 Å². The molecule has 0 radical (unpaired) electrons. The maximum Gasteiger partial charge on any atom is 0.140 e. The fourth-order valence-electron chi connectivity index (χ4n) is 1.46. The van der Waals surface area contributed by atoms with Crippen molar-refractivity contribution in [3.8, 4) is 5.75 Å². The van der Waals surface area contributed by atoms with Crippen LogP contribution in [0.25, 0.3) is 0 Å². The van der Waals surface area contributed by atoms with Crippen LogP contribution in [0.2, 0.25) is 10.0 Å². The van der Waals surface area contributed by atoms with Crippen molar-refractivity contribution >= 4 is 28.9 Å². The lowest BCUT2D eigenvalue weighted by molar-refractivity contribution is 0.301. The zero-order chi connectivity index (χ0) is 13.0. The number of anilines is 1. The third kappa shape index (κ3) is 3.06. The lowest BCUT2D eigenvalue weighted by Gasteiger charge is -2.09. The van der Waals surface area contributed by atoms with E-state index in [4.69, 9.17) is 27.9 Å². The number of hydrogen-bond donors (Lipinski definition) is 1. The lowest BCUT2D eigenvalue weighted by Crippen LogP contribution is -2.00. The Morgan fingerprint density at radius 1 is 1.28 bits per heavy atom. The highest BCUT2D eigenvalue weighted by Crippen LogP contribution is 2.31. The van der Waals surface area contributed by atoms with E-state index in [1.807, 2.05) is 19.2 Å². The van der Waals surface area contributed by atoms with Crippen LogP contribution in [0.1, 0.15) is 5.69 Å². The quantitative estimate of drug-likeness (QED) is 0.920. The molecule has 0 aliphatic rings. The minimum Gasteiger partial charge on any atom is -0.486 e. The fourth-order valence-corrected chi connectivity index (χ4v) is 1.81. The first kappa shape index (κ1) is 13.0. The van der Waals surface area contributed by atoms with Gasteiger partial charge < -0.3 is 10.1 Å². The maximum atomic E-state index is 6.03. The number of nitrogens with one attached hydrogen (secondary N) is 1. The molecule has 1 aromatic heterocycles. The van der Waals surface area contributed by atoms with Gasteiger partial charge in [-0.25, -0.2) is 0 Å². The van der Waals surface area contributed by atoms with Gasteiger partial charge in [0.05, 0.1) is 10.7 Å². The molecular weight excluding hydrogens is 271 g/mol. The van der Waals surface area contributed by atoms with Gasteiger partial charge in [0.25, 0.3) is 0 Å². The van der Waals surface area contributed by atoms with Crippen LogP contribution < -0.4 is 10.1 Å². The summed E-state index contributed by atoms with van der Waals surface area (Å²) in [6.07, 6.45) is 1.73. The van der Waals surface area contributed by atoms with Gasteiger partial charge in [0.2, 0.25) is 0 Å². The number of ether oxygens (including phenoxy) is 1. The number of halogens is 2. The number of benzene rings is 1. The van der Waals surface area contributed by atoms with E-state index in [1.54, 1.807) is 24.4 Å². The molecule has 2 rings (SSSR count). The molecule has 0 atom stereocenters. The molecule has 1 aromatic carbocycles. The Morgan fingerprint density at radius 3 is 2.89 bits per heavy atom. The van der Waals surface area contributed by atoms with E-state index in [2.05, 4.69) is 10.3 Å². The summed E-state index contributed by atoms with van der Waals surface area (Å²) in [6.45, 7) is 0.343. The van der Waals surface area contributed by atoms with Crippen LogP contribution in [-0.4, -0.2) is 12.0 Å². The van der Waals surface area contributed by atoms with E-state index >= 15 is 0 Å². The molecule has 94 valence electrons. The molecule has 1 heterocycles. The zero-order valence-electron chi connectivity index (χ0n) is 9.78. The Labute approximate surface area is 116 Å². The summed E-state index contributed by atoms with van der Waals surface area (Å²) in [5.74, 6) is 0.556. The van der Waals surface area contributed by atoms with Crippen LogP contribution in [0.15, 0.2) is 36.5 Å². The van der Waals surface area contributed by atoms with Crippen LogP contribution in [0.4, 0.5) is 5.69 Å². The summed E-state index contributed by atoms with van der Waals surface area (Å²) in [7, 11) is 1.85. The van der Waals surface area contributed by atoms with Gasteiger partial charge in [-0.3, -0.25) is 4.98 Å². The fraction of sp³-hybridized carbons (Fsp3) is 0.154. The molecule has 0 saturated carbocycles. The predicted octanol–water partition coefficient (Wildman–Crippen LogP) is 4.01. The predicted molar refractivity (Wildman–Crippen MR) is 74.6 cm³/mol. The molecule has 0 unspecified atom stereocenters. The van der Waals surface area contributed by atoms with Crippen molar-refractivity contribution in [2.75, 3.05) is 12.4 Å². The second-order valence-corrected chi connectivity index (χ2v) is 4.41.